The molecule has 5 heterocycles. The number of hydrogen-bond acceptors (Lipinski definition) is 27. The number of allylic oxidation sites excluding steroid dienone is 2. The number of fused-ring (bicyclic) bond motifs is 7. The summed E-state index contributed by atoms with van der Waals surface area (Å²) in [6, 6.07) is 0. The summed E-state index contributed by atoms with van der Waals surface area (Å²) in [6.07, 6.45) is -31.2. The van der Waals surface area contributed by atoms with Crippen molar-refractivity contribution in [1.29, 1.82) is 0 Å². The van der Waals surface area contributed by atoms with Crippen LogP contribution in [0.3, 0.4) is 0 Å². The van der Waals surface area contributed by atoms with E-state index in [-0.39, 0.29) is 36.5 Å². The van der Waals surface area contributed by atoms with Crippen LogP contribution in [0.1, 0.15) is 99.8 Å². The van der Waals surface area contributed by atoms with Crippen LogP contribution in [-0.2, 0) is 52.2 Å². The second-order valence-electron chi connectivity index (χ2n) is 28.0. The van der Waals surface area contributed by atoms with Crippen LogP contribution in [0.4, 0.5) is 0 Å². The molecule has 10 rings (SSSR count). The van der Waals surface area contributed by atoms with Crippen molar-refractivity contribution in [3.8, 4) is 0 Å². The summed E-state index contributed by atoms with van der Waals surface area (Å²) in [4.78, 5) is 15.4. The Balaban J connectivity index is 0.858. The molecule has 482 valence electrons. The summed E-state index contributed by atoms with van der Waals surface area (Å²) in [7, 11) is 0. The fourth-order valence-electron chi connectivity index (χ4n) is 17.4. The van der Waals surface area contributed by atoms with Gasteiger partial charge >= 0.3 is 5.97 Å². The van der Waals surface area contributed by atoms with E-state index in [0.29, 0.717) is 32.1 Å². The third-order valence-electron chi connectivity index (χ3n) is 22.6. The molecule has 0 aromatic carbocycles. The Hall–Kier alpha value is -1.79. The van der Waals surface area contributed by atoms with E-state index in [4.69, 9.17) is 47.4 Å². The first-order valence-electron chi connectivity index (χ1n) is 29.7. The van der Waals surface area contributed by atoms with Crippen LogP contribution in [-0.4, -0.2) is 274 Å². The lowest BCUT2D eigenvalue weighted by Crippen LogP contribution is -2.70. The first-order valence-corrected chi connectivity index (χ1v) is 29.7. The predicted octanol–water partition coefficient (Wildman–Crippen LogP) is -4.35. The Morgan fingerprint density at radius 3 is 1.92 bits per heavy atom. The molecule has 0 amide bonds. The molecule has 2 unspecified atom stereocenters. The number of carbonyl (C=O) groups is 1. The maximum Gasteiger partial charge on any atom is 0.317 e. The number of carbonyl (C=O) groups excluding carboxylic acids is 1. The summed E-state index contributed by atoms with van der Waals surface area (Å²) in [5, 5.41) is 176. The van der Waals surface area contributed by atoms with E-state index < -0.39 is 226 Å². The minimum absolute atomic E-state index is 0.124. The van der Waals surface area contributed by atoms with E-state index >= 15 is 4.79 Å². The molecule has 10 aliphatic rings. The minimum Gasteiger partial charge on any atom is -0.432 e. The fourth-order valence-corrected chi connectivity index (χ4v) is 17.4. The standard InChI is InChI=1S/C57H92O27/c1-23-40(80-45-39(71)41(28(63)19-75-45)81-49-43(72)56(74,21-60)22-77-49)36(68)38(70)46(78-23)82-42-33(65)27(62)18-76-48(42)84-50(73)57-13-12-51(2,3)14-25(57)24-8-9-31-52(4)15-26(61)44(83-47-37(69)35(67)34(66)29(17-58)79-47)53(5,20-59)30(52)10-11-54(31,6)55(24,7)16-32(57)64/h8,23,25-49,58-72,74H,9-22H2,1-7H3/t23-,25-,26-,27-,28+,29+,30+,31+,32?,33-,34+,35-,36-,37+,38+,39+,40-,41-,42+,43-,44-,45-,46-,47-,48-,49-,52-,53+,54+,55+,56+,57?/m0/s1. The Labute approximate surface area is 486 Å². The molecular formula is C57H92O27. The first-order chi connectivity index (χ1) is 39.3. The van der Waals surface area contributed by atoms with Crippen molar-refractivity contribution in [1.82, 2.24) is 0 Å². The van der Waals surface area contributed by atoms with Crippen molar-refractivity contribution in [3.63, 3.8) is 0 Å². The van der Waals surface area contributed by atoms with Gasteiger partial charge in [0.15, 0.2) is 31.3 Å². The van der Waals surface area contributed by atoms with E-state index in [2.05, 4.69) is 40.7 Å². The van der Waals surface area contributed by atoms with Crippen LogP contribution >= 0.6 is 0 Å². The molecule has 5 saturated heterocycles. The third-order valence-corrected chi connectivity index (χ3v) is 22.6. The van der Waals surface area contributed by atoms with Crippen LogP contribution in [0.5, 0.6) is 0 Å². The molecule has 32 atom stereocenters. The van der Waals surface area contributed by atoms with Crippen LogP contribution < -0.4 is 0 Å². The predicted molar refractivity (Wildman–Crippen MR) is 280 cm³/mol. The minimum atomic E-state index is -2.07. The Morgan fingerprint density at radius 2 is 1.25 bits per heavy atom. The van der Waals surface area contributed by atoms with Gasteiger partial charge in [-0.05, 0) is 97.7 Å². The zero-order chi connectivity index (χ0) is 61.3. The van der Waals surface area contributed by atoms with Gasteiger partial charge in [-0.25, -0.2) is 0 Å². The van der Waals surface area contributed by atoms with E-state index in [1.54, 1.807) is 0 Å². The van der Waals surface area contributed by atoms with E-state index in [9.17, 15) is 81.7 Å². The molecule has 27 heteroatoms. The fraction of sp³-hybridized carbons (Fsp3) is 0.947. The van der Waals surface area contributed by atoms with Gasteiger partial charge in [0, 0.05) is 5.41 Å². The Bertz CT molecular complexity index is 2370. The monoisotopic (exact) mass is 1210 g/mol. The highest BCUT2D eigenvalue weighted by Gasteiger charge is 2.73. The highest BCUT2D eigenvalue weighted by molar-refractivity contribution is 5.80. The smallest absolute Gasteiger partial charge is 0.317 e. The molecule has 27 nitrogen and oxygen atoms in total. The molecule has 4 saturated carbocycles. The van der Waals surface area contributed by atoms with Gasteiger partial charge in [0.25, 0.3) is 0 Å². The SMILES string of the molecule is C[C@@H]1O[C@@H](O[C@H]2[C@H](OC(=O)C34CCC(C)(C)C[C@H]3C3=CC[C@@H]5[C@@]6(C)C[C@H](O)[C@H](O[C@@H]7O[C@H](CO)[C@@H](O)[C@H](O)[C@H]7O)[C@](C)(CO)[C@@H]6CC[C@@]5(C)[C@]3(C)CC4O)OC[C@H](O)[C@@H]2O)[C@H](O)[C@H](O)[C@H]1O[C@@H]1OC[C@@H](O)[C@H](O[C@@H]2OC[C@](O)(CO)[C@H]2O)[C@H]1O. The van der Waals surface area contributed by atoms with Crippen LogP contribution in [0.25, 0.3) is 0 Å². The van der Waals surface area contributed by atoms with Crippen LogP contribution in [0.15, 0.2) is 11.6 Å². The van der Waals surface area contributed by atoms with Crippen LogP contribution in [0, 0.1) is 50.2 Å². The van der Waals surface area contributed by atoms with Gasteiger partial charge in [0.2, 0.25) is 6.29 Å². The summed E-state index contributed by atoms with van der Waals surface area (Å²) >= 11 is 0. The summed E-state index contributed by atoms with van der Waals surface area (Å²) in [6.45, 7) is 10.4. The van der Waals surface area contributed by atoms with Gasteiger partial charge in [0.05, 0.1) is 64.1 Å². The third kappa shape index (κ3) is 10.4. The van der Waals surface area contributed by atoms with Crippen molar-refractivity contribution in [2.45, 2.75) is 247 Å². The lowest BCUT2D eigenvalue weighted by Gasteiger charge is -2.72. The molecule has 0 spiro atoms. The number of aliphatic hydroxyl groups excluding tert-OH is 15. The van der Waals surface area contributed by atoms with E-state index in [1.165, 1.54) is 6.92 Å². The number of rotatable bonds is 13. The summed E-state index contributed by atoms with van der Waals surface area (Å²) in [5.74, 6) is -1.84. The lowest BCUT2D eigenvalue weighted by atomic mass is 9.33. The van der Waals surface area contributed by atoms with Crippen LogP contribution in [0.2, 0.25) is 0 Å². The van der Waals surface area contributed by atoms with Crippen molar-refractivity contribution in [2.75, 3.05) is 39.6 Å². The zero-order valence-corrected chi connectivity index (χ0v) is 48.6. The van der Waals surface area contributed by atoms with Crippen molar-refractivity contribution in [2.24, 2.45) is 50.2 Å². The van der Waals surface area contributed by atoms with Gasteiger partial charge < -0.3 is 129 Å². The zero-order valence-electron chi connectivity index (χ0n) is 48.6. The molecule has 16 N–H and O–H groups in total. The average Bonchev–Trinajstić information content (AvgIpc) is 1.12. The quantitative estimate of drug-likeness (QED) is 0.0471. The first kappa shape index (κ1) is 65.2. The molecule has 0 radical (unpaired) electrons. The molecule has 5 aliphatic carbocycles. The van der Waals surface area contributed by atoms with Crippen molar-refractivity contribution < 1.29 is 134 Å². The second kappa shape index (κ2) is 23.5. The maximum atomic E-state index is 15.4. The topological polar surface area (TPSA) is 433 Å². The summed E-state index contributed by atoms with van der Waals surface area (Å²) < 4.78 is 58.6. The van der Waals surface area contributed by atoms with Crippen molar-refractivity contribution in [3.05, 3.63) is 11.6 Å². The normalized spacial score (nSPS) is 55.6. The molecule has 5 aliphatic heterocycles. The number of ether oxygens (including phenoxy) is 10. The van der Waals surface area contributed by atoms with Gasteiger partial charge in [-0.3, -0.25) is 4.79 Å². The van der Waals surface area contributed by atoms with E-state index in [0.717, 1.165) is 5.57 Å². The number of esters is 1. The number of aliphatic hydroxyl groups is 16. The molecule has 0 aromatic rings. The second-order valence-corrected chi connectivity index (χ2v) is 28.0. The molecule has 0 aromatic heterocycles. The highest BCUT2D eigenvalue weighted by atomic mass is 16.8. The number of hydrogen-bond donors (Lipinski definition) is 16. The lowest BCUT2D eigenvalue weighted by molar-refractivity contribution is -0.372. The molecule has 9 fully saturated rings. The maximum absolute atomic E-state index is 15.4. The van der Waals surface area contributed by atoms with Gasteiger partial charge in [-0.2, -0.15) is 0 Å². The van der Waals surface area contributed by atoms with Gasteiger partial charge in [0.1, 0.15) is 90.4 Å². The molecule has 0 bridgehead atoms. The largest absolute Gasteiger partial charge is 0.432 e. The van der Waals surface area contributed by atoms with E-state index in [1.807, 2.05) is 6.92 Å². The molecule has 84 heavy (non-hydrogen) atoms. The highest BCUT2D eigenvalue weighted by Crippen LogP contribution is 2.76. The van der Waals surface area contributed by atoms with Crippen molar-refractivity contribution >= 4 is 5.97 Å². The average molecular weight is 1210 g/mol. The van der Waals surface area contributed by atoms with Gasteiger partial charge in [-0.1, -0.05) is 53.2 Å². The van der Waals surface area contributed by atoms with Gasteiger partial charge in [-0.15, -0.1) is 0 Å². The molecular weight excluding hydrogens is 1120 g/mol. The Morgan fingerprint density at radius 1 is 0.607 bits per heavy atom. The Kier molecular flexibility index (Phi) is 18.2. The summed E-state index contributed by atoms with van der Waals surface area (Å²) in [5.41, 5.74) is -6.04.